The number of alkyl halides is 3. The maximum atomic E-state index is 13.3. The van der Waals surface area contributed by atoms with E-state index in [1.165, 1.54) is 12.1 Å². The zero-order chi connectivity index (χ0) is 22.6. The van der Waals surface area contributed by atoms with Gasteiger partial charge in [0, 0.05) is 31.2 Å². The Labute approximate surface area is 178 Å². The van der Waals surface area contributed by atoms with E-state index in [0.29, 0.717) is 30.6 Å². The summed E-state index contributed by atoms with van der Waals surface area (Å²) in [5, 5.41) is 8.77. The number of carbonyl (C=O) groups is 1. The van der Waals surface area contributed by atoms with Gasteiger partial charge < -0.3 is 21.7 Å². The number of benzene rings is 1. The van der Waals surface area contributed by atoms with Crippen molar-refractivity contribution in [1.82, 2.24) is 20.3 Å². The van der Waals surface area contributed by atoms with Crippen LogP contribution in [0.25, 0.3) is 0 Å². The fraction of sp³-hybridized carbons (Fsp3) is 0.500. The van der Waals surface area contributed by atoms with Crippen molar-refractivity contribution in [3.8, 4) is 0 Å². The fourth-order valence-corrected chi connectivity index (χ4v) is 3.74. The lowest BCUT2D eigenvalue weighted by molar-refractivity contribution is -0.138. The Morgan fingerprint density at radius 1 is 1.19 bits per heavy atom. The summed E-state index contributed by atoms with van der Waals surface area (Å²) in [4.78, 5) is 25.3. The number of rotatable bonds is 6. The second-order valence-electron chi connectivity index (χ2n) is 7.62. The molecule has 0 spiro atoms. The molecule has 1 aliphatic rings. The number of nitrogen functional groups attached to an aromatic ring is 1. The van der Waals surface area contributed by atoms with E-state index in [-0.39, 0.29) is 35.7 Å². The number of hydrogen-bond acceptors (Lipinski definition) is 7. The topological polar surface area (TPSA) is 118 Å². The third-order valence-corrected chi connectivity index (χ3v) is 5.24. The average Bonchev–Trinajstić information content (AvgIpc) is 2.71. The maximum absolute atomic E-state index is 13.3. The van der Waals surface area contributed by atoms with Gasteiger partial charge in [-0.2, -0.15) is 28.1 Å². The molecule has 1 heterocycles. The Balaban J connectivity index is 1.61. The summed E-state index contributed by atoms with van der Waals surface area (Å²) in [6, 6.07) is 3.57. The number of amides is 1. The zero-order valence-electron chi connectivity index (χ0n) is 17.4. The Bertz CT molecular complexity index is 935. The highest BCUT2D eigenvalue weighted by Gasteiger charge is 2.34. The van der Waals surface area contributed by atoms with E-state index >= 15 is 0 Å². The summed E-state index contributed by atoms with van der Waals surface area (Å²) in [7, 11) is 1.71. The molecule has 8 nitrogen and oxygen atoms in total. The number of nitrogens with two attached hydrogens (primary N) is 1. The van der Waals surface area contributed by atoms with Crippen molar-refractivity contribution in [2.24, 2.45) is 5.92 Å². The molecule has 2 aromatic rings. The van der Waals surface area contributed by atoms with Crippen molar-refractivity contribution in [2.75, 3.05) is 23.4 Å². The second kappa shape index (κ2) is 9.36. The van der Waals surface area contributed by atoms with E-state index in [0.717, 1.165) is 18.9 Å². The molecule has 0 unspecified atom stereocenters. The van der Waals surface area contributed by atoms with Gasteiger partial charge in [-0.25, -0.2) is 0 Å². The van der Waals surface area contributed by atoms with Crippen molar-refractivity contribution in [3.63, 3.8) is 0 Å². The summed E-state index contributed by atoms with van der Waals surface area (Å²) in [6.07, 6.45) is -1.66. The first-order chi connectivity index (χ1) is 14.7. The van der Waals surface area contributed by atoms with Crippen molar-refractivity contribution < 1.29 is 18.0 Å². The van der Waals surface area contributed by atoms with Crippen LogP contribution in [0.5, 0.6) is 0 Å². The van der Waals surface area contributed by atoms with Crippen LogP contribution in [0.15, 0.2) is 18.2 Å². The molecule has 1 amide bonds. The van der Waals surface area contributed by atoms with E-state index in [1.54, 1.807) is 14.0 Å². The molecule has 31 heavy (non-hydrogen) atoms. The number of halogens is 3. The minimum Gasteiger partial charge on any atom is -0.399 e. The molecule has 3 rings (SSSR count). The molecule has 0 radical (unpaired) electrons. The molecule has 0 aliphatic heterocycles. The van der Waals surface area contributed by atoms with Crippen LogP contribution in [0.4, 0.5) is 30.8 Å². The summed E-state index contributed by atoms with van der Waals surface area (Å²) < 4.78 is 39.8. The number of carbonyl (C=O) groups excluding carboxylic acids is 1. The lowest BCUT2D eigenvalue weighted by Gasteiger charge is -2.29. The van der Waals surface area contributed by atoms with Crippen LogP contribution in [-0.4, -0.2) is 33.9 Å². The number of aromatic nitrogens is 3. The van der Waals surface area contributed by atoms with Crippen LogP contribution < -0.4 is 21.7 Å². The van der Waals surface area contributed by atoms with E-state index in [9.17, 15) is 18.0 Å². The van der Waals surface area contributed by atoms with Gasteiger partial charge in [0.25, 0.3) is 0 Å². The number of aryl methyl sites for hydroxylation is 1. The number of hydrogen-bond donors (Lipinski definition) is 4. The first-order valence-corrected chi connectivity index (χ1v) is 10.1. The molecule has 5 N–H and O–H groups in total. The zero-order valence-corrected chi connectivity index (χ0v) is 17.4. The van der Waals surface area contributed by atoms with Gasteiger partial charge in [0.05, 0.1) is 5.56 Å². The van der Waals surface area contributed by atoms with Crippen LogP contribution in [-0.2, 0) is 17.5 Å². The highest BCUT2D eigenvalue weighted by molar-refractivity contribution is 5.79. The third kappa shape index (κ3) is 5.96. The third-order valence-electron chi connectivity index (χ3n) is 5.24. The Morgan fingerprint density at radius 2 is 1.94 bits per heavy atom. The molecule has 1 aliphatic carbocycles. The van der Waals surface area contributed by atoms with Gasteiger partial charge >= 0.3 is 6.18 Å². The van der Waals surface area contributed by atoms with E-state index in [4.69, 9.17) is 5.73 Å². The monoisotopic (exact) mass is 437 g/mol. The molecular formula is C20H26F3N7O. The molecule has 1 saturated carbocycles. The van der Waals surface area contributed by atoms with Gasteiger partial charge in [-0.05, 0) is 43.9 Å². The van der Waals surface area contributed by atoms with Crippen molar-refractivity contribution in [1.29, 1.82) is 0 Å². The molecule has 168 valence electrons. The fourth-order valence-electron chi connectivity index (χ4n) is 3.74. The number of nitrogens with zero attached hydrogens (tertiary/aromatic N) is 3. The van der Waals surface area contributed by atoms with E-state index in [2.05, 4.69) is 30.9 Å². The molecule has 1 aromatic heterocycles. The van der Waals surface area contributed by atoms with E-state index < -0.39 is 11.7 Å². The van der Waals surface area contributed by atoms with Gasteiger partial charge in [-0.15, -0.1) is 0 Å². The normalized spacial score (nSPS) is 19.0. The Morgan fingerprint density at radius 3 is 2.65 bits per heavy atom. The second-order valence-corrected chi connectivity index (χ2v) is 7.62. The molecular weight excluding hydrogens is 411 g/mol. The summed E-state index contributed by atoms with van der Waals surface area (Å²) in [6.45, 7) is 1.55. The van der Waals surface area contributed by atoms with Crippen molar-refractivity contribution >= 4 is 23.5 Å². The lowest BCUT2D eigenvalue weighted by Crippen LogP contribution is -2.37. The van der Waals surface area contributed by atoms with Gasteiger partial charge in [0.15, 0.2) is 0 Å². The SMILES string of the molecule is CNc1nc(C)nc(N[C@H]2CCC[C@@H](C(=O)NCc3ccc(N)cc3C(F)(F)F)C2)n1. The quantitative estimate of drug-likeness (QED) is 0.513. The van der Waals surface area contributed by atoms with Crippen LogP contribution >= 0.6 is 0 Å². The minimum absolute atomic E-state index is 0.0132. The van der Waals surface area contributed by atoms with Crippen LogP contribution in [0.3, 0.4) is 0 Å². The number of nitrogens with one attached hydrogen (secondary N) is 3. The molecule has 1 aromatic carbocycles. The molecule has 2 atom stereocenters. The van der Waals surface area contributed by atoms with Crippen LogP contribution in [0.2, 0.25) is 0 Å². The molecule has 1 fully saturated rings. The lowest BCUT2D eigenvalue weighted by atomic mass is 9.85. The highest BCUT2D eigenvalue weighted by atomic mass is 19.4. The molecule has 0 saturated heterocycles. The minimum atomic E-state index is -4.54. The summed E-state index contributed by atoms with van der Waals surface area (Å²) in [5.41, 5.74) is 4.67. The van der Waals surface area contributed by atoms with Crippen molar-refractivity contribution in [2.45, 2.75) is 51.4 Å². The van der Waals surface area contributed by atoms with Crippen molar-refractivity contribution in [3.05, 3.63) is 35.2 Å². The first kappa shape index (κ1) is 22.6. The van der Waals surface area contributed by atoms with Gasteiger partial charge in [-0.3, -0.25) is 4.79 Å². The predicted molar refractivity (Wildman–Crippen MR) is 111 cm³/mol. The average molecular weight is 437 g/mol. The molecule has 0 bridgehead atoms. The van der Waals surface area contributed by atoms with E-state index in [1.807, 2.05) is 0 Å². The first-order valence-electron chi connectivity index (χ1n) is 10.1. The predicted octanol–water partition coefficient (Wildman–Crippen LogP) is 3.11. The number of anilines is 3. The maximum Gasteiger partial charge on any atom is 0.416 e. The Hall–Kier alpha value is -3.11. The summed E-state index contributed by atoms with van der Waals surface area (Å²) >= 11 is 0. The standard InChI is InChI=1S/C20H26F3N7O/c1-11-27-18(25-2)30-19(28-11)29-15-5-3-4-12(8-15)17(31)26-10-13-6-7-14(24)9-16(13)20(21,22)23/h6-7,9,12,15H,3-5,8,10,24H2,1-2H3,(H,26,31)(H2,25,27,28,29,30)/t12-,15+/m1/s1. The Kier molecular flexibility index (Phi) is 6.81. The van der Waals surface area contributed by atoms with Crippen LogP contribution in [0.1, 0.15) is 42.6 Å². The smallest absolute Gasteiger partial charge is 0.399 e. The van der Waals surface area contributed by atoms with Gasteiger partial charge in [0.1, 0.15) is 5.82 Å². The highest BCUT2D eigenvalue weighted by Crippen LogP contribution is 2.33. The summed E-state index contributed by atoms with van der Waals surface area (Å²) in [5.74, 6) is 0.875. The largest absolute Gasteiger partial charge is 0.416 e. The van der Waals surface area contributed by atoms with Gasteiger partial charge in [0.2, 0.25) is 17.8 Å². The van der Waals surface area contributed by atoms with Gasteiger partial charge in [-0.1, -0.05) is 12.5 Å². The van der Waals surface area contributed by atoms with Crippen LogP contribution in [0, 0.1) is 12.8 Å². The molecule has 11 heteroatoms.